The first kappa shape index (κ1) is 21.9. The Kier molecular flexibility index (Phi) is 7.20. The molecular weight excluding hydrogens is 407 g/mol. The lowest BCUT2D eigenvalue weighted by Crippen LogP contribution is -2.20. The van der Waals surface area contributed by atoms with Crippen LogP contribution in [0.15, 0.2) is 30.5 Å². The molecule has 0 unspecified atom stereocenters. The third kappa shape index (κ3) is 5.80. The number of aromatic nitrogens is 1. The zero-order valence-electron chi connectivity index (χ0n) is 15.7. The van der Waals surface area contributed by atoms with Crippen LogP contribution in [0.5, 0.6) is 0 Å². The predicted molar refractivity (Wildman–Crippen MR) is 110 cm³/mol. The van der Waals surface area contributed by atoms with E-state index in [0.29, 0.717) is 17.9 Å². The molecule has 152 valence electrons. The lowest BCUT2D eigenvalue weighted by Gasteiger charge is -2.13. The maximum absolute atomic E-state index is 14.8. The molecule has 7 nitrogen and oxygen atoms in total. The summed E-state index contributed by atoms with van der Waals surface area (Å²) in [6.45, 7) is 5.61. The number of carbonyl (C=O) groups excluding carboxylic acids is 1. The van der Waals surface area contributed by atoms with Gasteiger partial charge < -0.3 is 10.6 Å². The van der Waals surface area contributed by atoms with Crippen molar-refractivity contribution in [1.82, 2.24) is 4.98 Å². The van der Waals surface area contributed by atoms with E-state index in [2.05, 4.69) is 20.3 Å². The summed E-state index contributed by atoms with van der Waals surface area (Å²) in [5.41, 5.74) is -0.452. The van der Waals surface area contributed by atoms with Crippen LogP contribution in [0.3, 0.4) is 0 Å². The highest BCUT2D eigenvalue weighted by Crippen LogP contribution is 2.27. The van der Waals surface area contributed by atoms with Crippen LogP contribution in [0.1, 0.15) is 37.6 Å². The second-order valence-corrected chi connectivity index (χ2v) is 8.64. The van der Waals surface area contributed by atoms with E-state index in [1.54, 1.807) is 19.1 Å². The number of hydrogen-bond acceptors (Lipinski definition) is 5. The van der Waals surface area contributed by atoms with E-state index in [4.69, 9.17) is 11.6 Å². The van der Waals surface area contributed by atoms with E-state index >= 15 is 0 Å². The molecule has 0 atom stereocenters. The first-order valence-electron chi connectivity index (χ1n) is 8.65. The summed E-state index contributed by atoms with van der Waals surface area (Å²) in [6, 6.07) is 5.91. The fraction of sp³-hybridized carbons (Fsp3) is 0.333. The number of benzene rings is 1. The van der Waals surface area contributed by atoms with Gasteiger partial charge >= 0.3 is 0 Å². The molecule has 1 aromatic heterocycles. The van der Waals surface area contributed by atoms with Crippen molar-refractivity contribution in [3.05, 3.63) is 46.9 Å². The Balaban J connectivity index is 2.24. The Morgan fingerprint density at radius 2 is 1.96 bits per heavy atom. The number of halogens is 2. The Labute approximate surface area is 168 Å². The number of pyridine rings is 1. The summed E-state index contributed by atoms with van der Waals surface area (Å²) >= 11 is 5.97. The number of nitrogens with one attached hydrogen (secondary N) is 3. The minimum absolute atomic E-state index is 0.139. The average molecular weight is 429 g/mol. The van der Waals surface area contributed by atoms with Crippen molar-refractivity contribution >= 4 is 44.7 Å². The highest BCUT2D eigenvalue weighted by molar-refractivity contribution is 7.92. The monoisotopic (exact) mass is 428 g/mol. The van der Waals surface area contributed by atoms with Gasteiger partial charge in [-0.3, -0.25) is 9.52 Å². The largest absolute Gasteiger partial charge is 0.368 e. The van der Waals surface area contributed by atoms with E-state index in [-0.39, 0.29) is 22.5 Å². The van der Waals surface area contributed by atoms with Gasteiger partial charge in [0.25, 0.3) is 5.91 Å². The van der Waals surface area contributed by atoms with Crippen LogP contribution in [0, 0.1) is 5.82 Å². The average Bonchev–Trinajstić information content (AvgIpc) is 2.59. The molecule has 10 heteroatoms. The lowest BCUT2D eigenvalue weighted by molar-refractivity contribution is 0.102. The van der Waals surface area contributed by atoms with Crippen molar-refractivity contribution in [2.45, 2.75) is 33.2 Å². The standard InChI is InChI=1S/C18H22ClFN4O3S/c1-4-9-28(26,27)24-14-7-6-13(19)16(17(14)20)18(25)23-12-5-8-15(21-10-12)22-11(2)3/h5-8,10-11,24H,4,9H2,1-3H3,(H,21,22)(H,23,25). The summed E-state index contributed by atoms with van der Waals surface area (Å²) in [7, 11) is -3.72. The molecule has 0 bridgehead atoms. The van der Waals surface area contributed by atoms with Crippen molar-refractivity contribution in [3.63, 3.8) is 0 Å². The summed E-state index contributed by atoms with van der Waals surface area (Å²) in [6.07, 6.45) is 1.79. The van der Waals surface area contributed by atoms with Gasteiger partial charge in [-0.05, 0) is 44.5 Å². The lowest BCUT2D eigenvalue weighted by atomic mass is 10.1. The van der Waals surface area contributed by atoms with E-state index in [0.717, 1.165) is 0 Å². The Hall–Kier alpha value is -2.39. The third-order valence-corrected chi connectivity index (χ3v) is 5.31. The number of hydrogen-bond donors (Lipinski definition) is 3. The van der Waals surface area contributed by atoms with Crippen LogP contribution in [0.4, 0.5) is 21.6 Å². The van der Waals surface area contributed by atoms with Gasteiger partial charge in [0, 0.05) is 6.04 Å². The number of anilines is 3. The molecule has 0 aliphatic rings. The summed E-state index contributed by atoms with van der Waals surface area (Å²) in [5, 5.41) is 5.47. The van der Waals surface area contributed by atoms with Crippen LogP contribution in [-0.2, 0) is 10.0 Å². The van der Waals surface area contributed by atoms with E-state index in [1.807, 2.05) is 13.8 Å². The van der Waals surface area contributed by atoms with E-state index in [1.165, 1.54) is 18.3 Å². The second kappa shape index (κ2) is 9.20. The smallest absolute Gasteiger partial charge is 0.260 e. The van der Waals surface area contributed by atoms with Crippen molar-refractivity contribution < 1.29 is 17.6 Å². The fourth-order valence-corrected chi connectivity index (χ4v) is 3.73. The van der Waals surface area contributed by atoms with Crippen molar-refractivity contribution in [2.24, 2.45) is 0 Å². The molecule has 3 N–H and O–H groups in total. The van der Waals surface area contributed by atoms with Gasteiger partial charge in [0.2, 0.25) is 10.0 Å². The quantitative estimate of drug-likeness (QED) is 0.587. The van der Waals surface area contributed by atoms with Gasteiger partial charge in [0.05, 0.1) is 33.9 Å². The fourth-order valence-electron chi connectivity index (χ4n) is 2.37. The van der Waals surface area contributed by atoms with Gasteiger partial charge in [0.15, 0.2) is 5.82 Å². The highest BCUT2D eigenvalue weighted by Gasteiger charge is 2.22. The molecule has 0 aliphatic carbocycles. The molecule has 0 fully saturated rings. The first-order chi connectivity index (χ1) is 13.1. The first-order valence-corrected chi connectivity index (χ1v) is 10.7. The summed E-state index contributed by atoms with van der Waals surface area (Å²) in [4.78, 5) is 16.7. The van der Waals surface area contributed by atoms with Gasteiger partial charge in [-0.15, -0.1) is 0 Å². The van der Waals surface area contributed by atoms with E-state index in [9.17, 15) is 17.6 Å². The van der Waals surface area contributed by atoms with Crippen molar-refractivity contribution in [1.29, 1.82) is 0 Å². The molecule has 0 saturated carbocycles. The van der Waals surface area contributed by atoms with Crippen molar-refractivity contribution in [2.75, 3.05) is 21.1 Å². The van der Waals surface area contributed by atoms with Gasteiger partial charge in [-0.2, -0.15) is 0 Å². The van der Waals surface area contributed by atoms with Crippen LogP contribution >= 0.6 is 11.6 Å². The molecule has 1 amide bonds. The Bertz CT molecular complexity index is 950. The topological polar surface area (TPSA) is 100 Å². The molecule has 2 rings (SSSR count). The number of amides is 1. The highest BCUT2D eigenvalue weighted by atomic mass is 35.5. The maximum Gasteiger partial charge on any atom is 0.260 e. The van der Waals surface area contributed by atoms with Gasteiger partial charge in [-0.1, -0.05) is 18.5 Å². The van der Waals surface area contributed by atoms with Crippen LogP contribution in [0.25, 0.3) is 0 Å². The zero-order chi connectivity index (χ0) is 20.9. The predicted octanol–water partition coefficient (Wildman–Crippen LogP) is 4.10. The Morgan fingerprint density at radius 1 is 1.25 bits per heavy atom. The molecule has 28 heavy (non-hydrogen) atoms. The van der Waals surface area contributed by atoms with Crippen LogP contribution < -0.4 is 15.4 Å². The number of rotatable bonds is 8. The summed E-state index contributed by atoms with van der Waals surface area (Å²) in [5.74, 6) is -1.40. The molecule has 0 aliphatic heterocycles. The Morgan fingerprint density at radius 3 is 2.54 bits per heavy atom. The normalized spacial score (nSPS) is 11.4. The van der Waals surface area contributed by atoms with E-state index < -0.39 is 27.3 Å². The molecule has 1 aromatic carbocycles. The molecular formula is C18H22ClFN4O3S. The van der Waals surface area contributed by atoms with Gasteiger partial charge in [-0.25, -0.2) is 17.8 Å². The minimum atomic E-state index is -3.72. The zero-order valence-corrected chi connectivity index (χ0v) is 17.3. The molecule has 2 aromatic rings. The SMILES string of the molecule is CCCS(=O)(=O)Nc1ccc(Cl)c(C(=O)Nc2ccc(NC(C)C)nc2)c1F. The van der Waals surface area contributed by atoms with Crippen LogP contribution in [0.2, 0.25) is 5.02 Å². The number of sulfonamides is 1. The van der Waals surface area contributed by atoms with Gasteiger partial charge in [0.1, 0.15) is 5.82 Å². The summed E-state index contributed by atoms with van der Waals surface area (Å²) < 4.78 is 40.7. The minimum Gasteiger partial charge on any atom is -0.368 e. The maximum atomic E-state index is 14.8. The molecule has 1 heterocycles. The molecule has 0 spiro atoms. The van der Waals surface area contributed by atoms with Crippen molar-refractivity contribution in [3.8, 4) is 0 Å². The van der Waals surface area contributed by atoms with Crippen LogP contribution in [-0.4, -0.2) is 31.1 Å². The number of nitrogens with zero attached hydrogens (tertiary/aromatic N) is 1. The molecule has 0 radical (unpaired) electrons. The third-order valence-electron chi connectivity index (χ3n) is 3.51. The molecule has 0 saturated heterocycles. The second-order valence-electron chi connectivity index (χ2n) is 6.39. The number of carbonyl (C=O) groups is 1.